The van der Waals surface area contributed by atoms with Crippen molar-refractivity contribution in [3.05, 3.63) is 0 Å². The number of rotatable bonds is 10. The maximum atomic E-state index is 11.3. The minimum Gasteiger partial charge on any atom is -0.735 e. The Morgan fingerprint density at radius 1 is 1.06 bits per heavy atom. The molecule has 2 fully saturated rings. The number of aliphatic carboxylic acids is 1. The Hall–Kier alpha value is -1.08. The van der Waals surface area contributed by atoms with E-state index in [4.69, 9.17) is 4.74 Å². The average Bonchev–Trinajstić information content (AvgIpc) is 2.63. The van der Waals surface area contributed by atoms with Crippen molar-refractivity contribution in [2.75, 3.05) is 32.8 Å². The molecule has 0 radical (unpaired) electrons. The maximum Gasteiger partial charge on any atom is 0.217 e. The minimum atomic E-state index is -5.57. The molecule has 18 nitrogen and oxygen atoms in total. The lowest BCUT2D eigenvalue weighted by atomic mass is 9.86. The van der Waals surface area contributed by atoms with Gasteiger partial charge in [-0.2, -0.15) is 0 Å². The van der Waals surface area contributed by atoms with E-state index in [9.17, 15) is 59.0 Å². The fourth-order valence-electron chi connectivity index (χ4n) is 3.82. The lowest BCUT2D eigenvalue weighted by Gasteiger charge is -2.46. The van der Waals surface area contributed by atoms with E-state index >= 15 is 0 Å². The van der Waals surface area contributed by atoms with E-state index in [2.05, 4.69) is 8.37 Å². The van der Waals surface area contributed by atoms with Crippen LogP contribution in [0, 0.1) is 11.8 Å². The van der Waals surface area contributed by atoms with Gasteiger partial charge in [0.05, 0.1) is 37.6 Å². The van der Waals surface area contributed by atoms with Crippen LogP contribution in [0.5, 0.6) is 0 Å². The summed E-state index contributed by atoms with van der Waals surface area (Å²) in [5, 5.41) is 31.1. The normalized spacial score (nSPS) is 34.1. The van der Waals surface area contributed by atoms with Gasteiger partial charge >= 0.3 is 0 Å². The first-order valence-corrected chi connectivity index (χ1v) is 13.3. The molecule has 3 N–H and O–H groups in total. The SMILES string of the molecule is O=C([O-])C1CN(C[C@H]2C(COS(=O)(=O)[O-])OCC(NS(=O)(=O)[O-])[C@H]2OS(=O)(=O)[O-])C[C@@H](O)[C@H]1O. The van der Waals surface area contributed by atoms with Crippen molar-refractivity contribution in [2.45, 2.75) is 30.5 Å². The average molecular weight is 557 g/mol. The first-order chi connectivity index (χ1) is 15.4. The summed E-state index contributed by atoms with van der Waals surface area (Å²) in [6.45, 7) is -3.39. The molecule has 200 valence electrons. The van der Waals surface area contributed by atoms with Crippen LogP contribution in [-0.2, 0) is 49.0 Å². The van der Waals surface area contributed by atoms with E-state index in [-0.39, 0.29) is 0 Å². The highest BCUT2D eigenvalue weighted by atomic mass is 32.3. The summed E-state index contributed by atoms with van der Waals surface area (Å²) < 4.78 is 115. The van der Waals surface area contributed by atoms with Crippen LogP contribution >= 0.6 is 0 Å². The predicted molar refractivity (Wildman–Crippen MR) is 97.0 cm³/mol. The molecule has 34 heavy (non-hydrogen) atoms. The van der Waals surface area contributed by atoms with Crippen molar-refractivity contribution in [3.63, 3.8) is 0 Å². The second kappa shape index (κ2) is 10.9. The summed E-state index contributed by atoms with van der Waals surface area (Å²) in [6, 6.07) is -1.80. The van der Waals surface area contributed by atoms with E-state index < -0.39 is 112 Å². The third-order valence-corrected chi connectivity index (χ3v) is 6.64. The van der Waals surface area contributed by atoms with Crippen molar-refractivity contribution < 1.29 is 72.1 Å². The molecule has 2 aliphatic heterocycles. The molecule has 0 aromatic carbocycles. The van der Waals surface area contributed by atoms with Crippen LogP contribution in [-0.4, -0.2) is 123 Å². The second-order valence-corrected chi connectivity index (χ2v) is 10.8. The number of hydrogen-bond acceptors (Lipinski definition) is 17. The Bertz CT molecular complexity index is 1050. The number of carbonyl (C=O) groups is 1. The van der Waals surface area contributed by atoms with Crippen molar-refractivity contribution in [1.82, 2.24) is 9.62 Å². The highest BCUT2D eigenvalue weighted by molar-refractivity contribution is 7.83. The number of aliphatic hydroxyl groups excluding tert-OH is 2. The van der Waals surface area contributed by atoms with E-state index in [1.165, 1.54) is 4.72 Å². The van der Waals surface area contributed by atoms with Gasteiger partial charge in [-0.1, -0.05) is 0 Å². The largest absolute Gasteiger partial charge is 0.735 e. The van der Waals surface area contributed by atoms with Gasteiger partial charge in [-0.15, -0.1) is 0 Å². The molecule has 7 atom stereocenters. The fourth-order valence-corrected chi connectivity index (χ4v) is 5.25. The fraction of sp³-hybridized carbons (Fsp3) is 0.923. The zero-order valence-corrected chi connectivity index (χ0v) is 19.3. The molecular formula is C13H20N2O16S3-4. The molecule has 0 aromatic heterocycles. The van der Waals surface area contributed by atoms with Gasteiger partial charge in [0.25, 0.3) is 0 Å². The molecule has 2 aliphatic rings. The monoisotopic (exact) mass is 556 g/mol. The number of β-amino-alcohol motifs (C(OH)–C–C–N with tert-alkyl or cyclic N) is 1. The molecule has 0 aromatic rings. The van der Waals surface area contributed by atoms with Gasteiger partial charge in [0.2, 0.25) is 20.8 Å². The van der Waals surface area contributed by atoms with E-state index in [1.807, 2.05) is 0 Å². The number of hydrogen-bond donors (Lipinski definition) is 3. The van der Waals surface area contributed by atoms with Crippen LogP contribution in [0.3, 0.4) is 0 Å². The number of likely N-dealkylation sites (tertiary alicyclic amines) is 1. The number of carbonyl (C=O) groups excluding carboxylic acids is 1. The first-order valence-electron chi connectivity index (χ1n) is 9.24. The Morgan fingerprint density at radius 3 is 2.18 bits per heavy atom. The lowest BCUT2D eigenvalue weighted by Crippen LogP contribution is -2.63. The molecule has 0 bridgehead atoms. The van der Waals surface area contributed by atoms with Gasteiger partial charge in [0, 0.05) is 37.4 Å². The molecule has 3 unspecified atom stereocenters. The summed E-state index contributed by atoms with van der Waals surface area (Å²) in [5.74, 6) is -4.94. The molecule has 0 saturated carbocycles. The van der Waals surface area contributed by atoms with E-state index in [0.717, 1.165) is 4.90 Å². The van der Waals surface area contributed by atoms with Crippen LogP contribution in [0.4, 0.5) is 0 Å². The van der Waals surface area contributed by atoms with Gasteiger partial charge in [-0.3, -0.25) is 13.3 Å². The van der Waals surface area contributed by atoms with Crippen LogP contribution < -0.4 is 9.83 Å². The van der Waals surface area contributed by atoms with Crippen molar-refractivity contribution in [1.29, 1.82) is 0 Å². The van der Waals surface area contributed by atoms with Gasteiger partial charge in [0.1, 0.15) is 6.10 Å². The molecule has 2 rings (SSSR count). The van der Waals surface area contributed by atoms with Crippen molar-refractivity contribution in [2.24, 2.45) is 11.8 Å². The summed E-state index contributed by atoms with van der Waals surface area (Å²) in [6.07, 6.45) is -6.96. The van der Waals surface area contributed by atoms with Crippen LogP contribution in [0.25, 0.3) is 0 Å². The van der Waals surface area contributed by atoms with Gasteiger partial charge in [-0.05, 0) is 0 Å². The second-order valence-electron chi connectivity index (χ2n) is 7.58. The Kier molecular flexibility index (Phi) is 9.34. The van der Waals surface area contributed by atoms with Gasteiger partial charge in [-0.25, -0.2) is 30.0 Å². The predicted octanol–water partition coefficient (Wildman–Crippen LogP) is -6.85. The molecule has 2 heterocycles. The highest BCUT2D eigenvalue weighted by Gasteiger charge is 2.46. The molecule has 0 aliphatic carbocycles. The summed E-state index contributed by atoms with van der Waals surface area (Å²) >= 11 is 0. The molecule has 0 spiro atoms. The number of piperidine rings is 1. The number of nitrogens with one attached hydrogen (secondary N) is 1. The standard InChI is InChI=1S/C13H24N2O16S3/c16-9-3-15(2-7(11(9)17)13(18)19)1-6-10(5-30-33(23,24)25)29-4-8(14-32(20,21)22)12(6)31-34(26,27)28/h6-12,14,16-17H,1-5H2,(H,18,19)(H,20,21,22)(H,23,24,25)(H,26,27,28)/p-4/t6-,7?,8?,9+,10?,11-,12-/m0/s1. The van der Waals surface area contributed by atoms with Crippen LogP contribution in [0.2, 0.25) is 0 Å². The lowest BCUT2D eigenvalue weighted by molar-refractivity contribution is -0.317. The summed E-state index contributed by atoms with van der Waals surface area (Å²) in [4.78, 5) is 12.4. The number of ether oxygens (including phenoxy) is 1. The number of carboxylic acid groups (broad SMARTS) is 1. The summed E-state index contributed by atoms with van der Waals surface area (Å²) in [5.41, 5.74) is 0. The van der Waals surface area contributed by atoms with Crippen molar-refractivity contribution >= 4 is 37.1 Å². The zero-order valence-electron chi connectivity index (χ0n) is 16.9. The van der Waals surface area contributed by atoms with Gasteiger partial charge < -0.3 is 38.5 Å². The topological polar surface area (TPSA) is 295 Å². The molecule has 0 amide bonds. The van der Waals surface area contributed by atoms with Crippen LogP contribution in [0.1, 0.15) is 0 Å². The maximum absolute atomic E-state index is 11.3. The van der Waals surface area contributed by atoms with Crippen molar-refractivity contribution in [3.8, 4) is 0 Å². The third-order valence-electron chi connectivity index (χ3n) is 5.17. The molecule has 21 heteroatoms. The Balaban J connectivity index is 2.41. The first kappa shape index (κ1) is 29.2. The van der Waals surface area contributed by atoms with E-state index in [1.54, 1.807) is 0 Å². The van der Waals surface area contributed by atoms with Crippen LogP contribution in [0.15, 0.2) is 0 Å². The number of aliphatic hydroxyl groups is 2. The number of carboxylic acids is 1. The van der Waals surface area contributed by atoms with E-state index in [0.29, 0.717) is 0 Å². The van der Waals surface area contributed by atoms with Gasteiger partial charge in [0.15, 0.2) is 10.3 Å². The Labute approximate surface area is 194 Å². The zero-order chi connectivity index (χ0) is 26.1. The highest BCUT2D eigenvalue weighted by Crippen LogP contribution is 2.29. The summed E-state index contributed by atoms with van der Waals surface area (Å²) in [7, 11) is -16.1. The quantitative estimate of drug-likeness (QED) is 0.166. The minimum absolute atomic E-state index is 0.427. The molecule has 2 saturated heterocycles. The number of nitrogens with zero attached hydrogens (tertiary/aromatic N) is 1. The smallest absolute Gasteiger partial charge is 0.217 e. The Morgan fingerprint density at radius 2 is 1.68 bits per heavy atom. The third kappa shape index (κ3) is 8.85. The molecular weight excluding hydrogens is 536 g/mol.